The zero-order chi connectivity index (χ0) is 98.3. The first kappa shape index (κ1) is 103. The number of nitrogens with one attached hydrogen (secondary N) is 4. The van der Waals surface area contributed by atoms with Gasteiger partial charge in [-0.25, -0.2) is 24.3 Å². The number of anilines is 4. The predicted molar refractivity (Wildman–Crippen MR) is 509 cm³/mol. The summed E-state index contributed by atoms with van der Waals surface area (Å²) < 4.78 is 164. The number of aromatic amines is 4. The van der Waals surface area contributed by atoms with Crippen molar-refractivity contribution in [1.29, 1.82) is 0 Å². The number of nitrogen functional groups attached to an aromatic ring is 4. The van der Waals surface area contributed by atoms with Crippen LogP contribution in [0.25, 0.3) is 44.7 Å². The van der Waals surface area contributed by atoms with Gasteiger partial charge in [0.05, 0.1) is 78.2 Å². The zero-order valence-electron chi connectivity index (χ0n) is 74.9. The summed E-state index contributed by atoms with van der Waals surface area (Å²) in [6.07, 6.45) is 4.60. The van der Waals surface area contributed by atoms with Crippen molar-refractivity contribution >= 4 is 138 Å². The average molecular weight is 2090 g/mol. The highest BCUT2D eigenvalue weighted by Crippen LogP contribution is 2.53. The van der Waals surface area contributed by atoms with E-state index in [1.54, 1.807) is 137 Å². The van der Waals surface area contributed by atoms with E-state index in [4.69, 9.17) is 119 Å². The van der Waals surface area contributed by atoms with Crippen LogP contribution in [0, 0.1) is 47.4 Å². The number of aryl methyl sites for hydroxylation is 6. The minimum atomic E-state index is -3.76. The number of furan rings is 4. The van der Waals surface area contributed by atoms with Crippen LogP contribution >= 0.6 is 69.5 Å². The number of imidazole rings is 4. The van der Waals surface area contributed by atoms with E-state index in [9.17, 15) is 41.8 Å². The number of H-pyrrole nitrogens is 4. The van der Waals surface area contributed by atoms with Crippen LogP contribution in [0.4, 0.5) is 28.2 Å². The quantitative estimate of drug-likeness (QED) is 0.0130. The second-order valence-corrected chi connectivity index (χ2v) is 40.2. The number of nitrogens with zero attached hydrogens (tertiary/aromatic N) is 12. The lowest BCUT2D eigenvalue weighted by Crippen LogP contribution is -2.13. The number of hydrogen-bond donors (Lipinski definition) is 8. The van der Waals surface area contributed by atoms with Crippen molar-refractivity contribution in [1.82, 2.24) is 78.1 Å². The second kappa shape index (κ2) is 48.1. The first-order chi connectivity index (χ1) is 66.1. The van der Waals surface area contributed by atoms with E-state index in [0.29, 0.717) is 90.6 Å². The SMILES string of the molecule is Cc1ccc(COP(=O)(COCCn2cnc3c(=O)[nH]c(N)nc32)OCc2ccc(C)c(Cl)c2)o1.Cc1ccc(COP(=O)(COCCn2cnc3c(=O)[nH]c(N)nc32)OCc2ccc(C)c(F)c2)o1.Cc1ccc(COP(=O)(COCCn2cnc3c(=O)[nH]c(N)nc32)OCc2cccc(Br)c2)o1.Cc1ccc(COP(=O)(COCCn2cnc3c(=O)[nH]c(N)nc32)OCc2cccc(Cl)c2)o1. The third kappa shape index (κ3) is 30.0. The van der Waals surface area contributed by atoms with Gasteiger partial charge >= 0.3 is 30.4 Å². The standard InChI is InChI=1S/C22H25ClN5O6P.C22H25FN5O6P.C21H23BrN5O6P.C21H23ClN5O6P/c2*1-14-3-5-16(9-18(14)23)10-32-35(30,33-11-17-6-4-15(2)34-17)13-31-8-7-28-12-25-19-20(28)26-22(24)27-21(19)29;2*1-14-5-6-17(33-14)11-32-34(29,31-10-15-3-2-4-16(22)9-15)13-30-8-7-27-12-24-18-19(27)25-21(23)26-20(18)28/h2*3-6,9,12H,7-8,10-11,13H2,1-2H3,(H3,24,26,27,29);2*2-6,9,12H,7-8,10-11,13H2,1H3,(H3,23,25,26,28). The second-order valence-electron chi connectivity index (χ2n) is 30.5. The maximum Gasteiger partial charge on any atom is 0.356 e. The zero-order valence-corrected chi connectivity index (χ0v) is 81.6. The molecule has 12 N–H and O–H groups in total. The molecule has 16 aromatic rings. The van der Waals surface area contributed by atoms with Crippen molar-refractivity contribution in [2.45, 2.75) is 121 Å². The van der Waals surface area contributed by atoms with Crippen LogP contribution < -0.4 is 45.2 Å². The van der Waals surface area contributed by atoms with Gasteiger partial charge < -0.3 is 95.9 Å². The number of halogens is 4. The number of aromatic nitrogens is 16. The smallest absolute Gasteiger partial charge is 0.356 e. The maximum absolute atomic E-state index is 13.9. The summed E-state index contributed by atoms with van der Waals surface area (Å²) in [5, 5.41) is 1.13. The fraction of sp³-hybridized carbons (Fsp3) is 0.302. The molecule has 0 aliphatic rings. The Morgan fingerprint density at radius 1 is 0.362 bits per heavy atom. The molecule has 0 saturated carbocycles. The van der Waals surface area contributed by atoms with Crippen molar-refractivity contribution in [3.63, 3.8) is 0 Å². The predicted octanol–water partition coefficient (Wildman–Crippen LogP) is 15.6. The van der Waals surface area contributed by atoms with E-state index in [2.05, 4.69) is 75.7 Å². The lowest BCUT2D eigenvalue weighted by molar-refractivity contribution is 0.114. The van der Waals surface area contributed by atoms with Crippen LogP contribution in [0.2, 0.25) is 10.0 Å². The molecule has 4 aromatic carbocycles. The van der Waals surface area contributed by atoms with Gasteiger partial charge in [-0.2, -0.15) is 19.9 Å². The molecule has 0 amide bonds. The van der Waals surface area contributed by atoms with Gasteiger partial charge in [0.1, 0.15) is 104 Å². The number of nitrogens with two attached hydrogens (primary N) is 4. The molecule has 52 heteroatoms. The van der Waals surface area contributed by atoms with Gasteiger partial charge in [-0.05, 0) is 160 Å². The Hall–Kier alpha value is -12.0. The van der Waals surface area contributed by atoms with Crippen LogP contribution in [0.1, 0.15) is 79.5 Å². The average Bonchev–Trinajstić information content (AvgIpc) is 1.67. The van der Waals surface area contributed by atoms with E-state index < -0.39 is 52.6 Å². The number of ether oxygens (including phenoxy) is 4. The Kier molecular flexibility index (Phi) is 36.0. The molecule has 4 atom stereocenters. The van der Waals surface area contributed by atoms with Crippen molar-refractivity contribution in [3.05, 3.63) is 300 Å². The summed E-state index contributed by atoms with van der Waals surface area (Å²) in [7, 11) is -14.7. The number of rotatable bonds is 44. The lowest BCUT2D eigenvalue weighted by atomic mass is 10.1. The van der Waals surface area contributed by atoms with E-state index in [0.717, 1.165) is 32.5 Å². The third-order valence-electron chi connectivity index (χ3n) is 19.6. The van der Waals surface area contributed by atoms with E-state index in [1.807, 2.05) is 50.2 Å². The molecule has 4 unspecified atom stereocenters. The molecule has 0 saturated heterocycles. The molecule has 12 aromatic heterocycles. The molecule has 0 radical (unpaired) electrons. The summed E-state index contributed by atoms with van der Waals surface area (Å²) in [5.41, 5.74) is 26.9. The largest absolute Gasteiger partial charge is 0.464 e. The summed E-state index contributed by atoms with van der Waals surface area (Å²) in [6, 6.07) is 38.6. The molecule has 16 rings (SSSR count). The molecule has 0 spiro atoms. The van der Waals surface area contributed by atoms with Gasteiger partial charge in [-0.3, -0.25) is 75.5 Å². The molecule has 0 aliphatic carbocycles. The highest BCUT2D eigenvalue weighted by molar-refractivity contribution is 9.10. The minimum absolute atomic E-state index is 0.00724. The van der Waals surface area contributed by atoms with Gasteiger partial charge in [0, 0.05) is 40.7 Å². The monoisotopic (exact) mass is 2080 g/mol. The van der Waals surface area contributed by atoms with Crippen LogP contribution in [0.5, 0.6) is 0 Å². The van der Waals surface area contributed by atoms with Crippen LogP contribution in [-0.4, -0.2) is 130 Å². The first-order valence-electron chi connectivity index (χ1n) is 41.9. The lowest BCUT2D eigenvalue weighted by Gasteiger charge is -2.18. The maximum atomic E-state index is 13.9. The molecular weight excluding hydrogens is 1990 g/mol. The molecule has 0 aliphatic heterocycles. The third-order valence-corrected chi connectivity index (χ3v) is 26.9. The molecular formula is C86H96BrCl2FN20O24P4. The Bertz CT molecular complexity index is 6910. The normalized spacial score (nSPS) is 13.3. The van der Waals surface area contributed by atoms with Gasteiger partial charge in [0.2, 0.25) is 23.8 Å². The van der Waals surface area contributed by atoms with Crippen LogP contribution in [-0.2, 0) is 152 Å². The van der Waals surface area contributed by atoms with Crippen LogP contribution in [0.3, 0.4) is 0 Å². The summed E-state index contributed by atoms with van der Waals surface area (Å²) >= 11 is 15.6. The molecule has 732 valence electrons. The Balaban J connectivity index is 0.000000155. The Morgan fingerprint density at radius 3 is 0.928 bits per heavy atom. The van der Waals surface area contributed by atoms with Gasteiger partial charge in [-0.1, -0.05) is 87.7 Å². The van der Waals surface area contributed by atoms with E-state index in [1.165, 1.54) is 31.4 Å². The van der Waals surface area contributed by atoms with Crippen molar-refractivity contribution in [2.75, 3.05) is 74.8 Å². The molecule has 44 nitrogen and oxygen atoms in total. The van der Waals surface area contributed by atoms with Gasteiger partial charge in [-0.15, -0.1) is 0 Å². The fourth-order valence-corrected chi connectivity index (χ4v) is 18.5. The number of benzene rings is 4. The summed E-state index contributed by atoms with van der Waals surface area (Å²) in [4.78, 5) is 89.8. The van der Waals surface area contributed by atoms with Gasteiger partial charge in [0.15, 0.2) is 44.7 Å². The van der Waals surface area contributed by atoms with E-state index >= 15 is 0 Å². The first-order valence-corrected chi connectivity index (χ1v) is 50.4. The molecule has 12 heterocycles. The fourth-order valence-electron chi connectivity index (χ4n) is 12.6. The highest BCUT2D eigenvalue weighted by Gasteiger charge is 2.32. The molecule has 0 fully saturated rings. The summed E-state index contributed by atoms with van der Waals surface area (Å²) in [5.74, 6) is 4.43. The Morgan fingerprint density at radius 2 is 0.645 bits per heavy atom. The Labute approximate surface area is 802 Å². The highest BCUT2D eigenvalue weighted by atomic mass is 79.9. The number of hydrogen-bond acceptors (Lipinski definition) is 36. The van der Waals surface area contributed by atoms with Crippen LogP contribution in [0.15, 0.2) is 200 Å². The topological polar surface area (TPSA) is 590 Å². The number of fused-ring (bicyclic) bond motifs is 4. The summed E-state index contributed by atoms with van der Waals surface area (Å²) in [6.45, 7) is 12.2. The van der Waals surface area contributed by atoms with Crippen molar-refractivity contribution in [3.8, 4) is 0 Å². The molecule has 138 heavy (non-hydrogen) atoms. The molecule has 0 bridgehead atoms. The van der Waals surface area contributed by atoms with Crippen molar-refractivity contribution < 1.29 is 95.5 Å². The minimum Gasteiger partial charge on any atom is -0.464 e. The van der Waals surface area contributed by atoms with E-state index in [-0.39, 0.29) is 176 Å². The van der Waals surface area contributed by atoms with Gasteiger partial charge in [0.25, 0.3) is 22.2 Å². The van der Waals surface area contributed by atoms with Crippen molar-refractivity contribution in [2.24, 2.45) is 0 Å².